The summed E-state index contributed by atoms with van der Waals surface area (Å²) < 4.78 is 3.66. The van der Waals surface area contributed by atoms with Gasteiger partial charge in [0.05, 0.1) is 6.04 Å². The quantitative estimate of drug-likeness (QED) is 0.415. The van der Waals surface area contributed by atoms with Gasteiger partial charge in [-0.3, -0.25) is 9.59 Å². The molecule has 7 rings (SSSR count). The highest BCUT2D eigenvalue weighted by molar-refractivity contribution is 5.77. The molecule has 3 aromatic heterocycles. The van der Waals surface area contributed by atoms with Crippen LogP contribution in [0.1, 0.15) is 76.2 Å². The predicted octanol–water partition coefficient (Wildman–Crippen LogP) is 4.75. The van der Waals surface area contributed by atoms with Crippen LogP contribution in [-0.4, -0.2) is 41.7 Å². The molecule has 1 aliphatic heterocycles. The first-order valence-corrected chi connectivity index (χ1v) is 13.8. The fraction of sp³-hybridized carbons (Fsp3) is 0.433. The van der Waals surface area contributed by atoms with Gasteiger partial charge < -0.3 is 10.2 Å². The molecule has 3 aliphatic rings. The van der Waals surface area contributed by atoms with Crippen molar-refractivity contribution in [2.75, 3.05) is 11.9 Å². The van der Waals surface area contributed by atoms with Crippen LogP contribution in [0, 0.1) is 0 Å². The Balaban J connectivity index is 1.29. The van der Waals surface area contributed by atoms with Gasteiger partial charge in [0.2, 0.25) is 11.9 Å². The average molecular weight is 524 g/mol. The summed E-state index contributed by atoms with van der Waals surface area (Å²) in [6.07, 6.45) is 5.78. The smallest absolute Gasteiger partial charge is 0.278 e. The molecule has 0 radical (unpaired) electrons. The van der Waals surface area contributed by atoms with Crippen molar-refractivity contribution in [3.8, 4) is 5.82 Å². The van der Waals surface area contributed by atoms with Gasteiger partial charge in [-0.25, -0.2) is 19.3 Å². The summed E-state index contributed by atoms with van der Waals surface area (Å²) >= 11 is 0. The molecule has 2 fully saturated rings. The van der Waals surface area contributed by atoms with Crippen LogP contribution in [-0.2, 0) is 22.2 Å². The summed E-state index contributed by atoms with van der Waals surface area (Å²) in [5.74, 6) is 1.21. The zero-order valence-corrected chi connectivity index (χ0v) is 22.9. The van der Waals surface area contributed by atoms with Crippen molar-refractivity contribution < 1.29 is 4.79 Å². The fourth-order valence-corrected chi connectivity index (χ4v) is 5.85. The third-order valence-electron chi connectivity index (χ3n) is 8.32. The fourth-order valence-electron chi connectivity index (χ4n) is 5.85. The molecule has 4 heterocycles. The zero-order chi connectivity index (χ0) is 27.1. The molecule has 9 nitrogen and oxygen atoms in total. The first kappa shape index (κ1) is 24.1. The molecule has 2 saturated carbocycles. The highest BCUT2D eigenvalue weighted by Crippen LogP contribution is 2.52. The zero-order valence-electron chi connectivity index (χ0n) is 22.9. The number of aromatic nitrogens is 5. The second-order valence-electron chi connectivity index (χ2n) is 12.4. The van der Waals surface area contributed by atoms with E-state index in [1.165, 1.54) is 11.1 Å². The third kappa shape index (κ3) is 4.02. The summed E-state index contributed by atoms with van der Waals surface area (Å²) in [7, 11) is 0. The van der Waals surface area contributed by atoms with Crippen molar-refractivity contribution in [3.63, 3.8) is 0 Å². The molecule has 1 spiro atoms. The van der Waals surface area contributed by atoms with Gasteiger partial charge >= 0.3 is 0 Å². The molecule has 0 atom stereocenters. The number of hydrogen-bond donors (Lipinski definition) is 1. The maximum absolute atomic E-state index is 13.5. The van der Waals surface area contributed by atoms with E-state index in [1.54, 1.807) is 17.8 Å². The number of benzene rings is 1. The van der Waals surface area contributed by atoms with E-state index in [0.29, 0.717) is 29.3 Å². The molecular formula is C30H33N7O2. The SMILES string of the molecule is CC(=O)N1Cc2cc(Nc3ncc4c(=O)n(C5CC5)n(-c5cccc(C(C)(C)C)n5)c4n3)ccc2C2(CC2)C1. The van der Waals surface area contributed by atoms with Crippen molar-refractivity contribution in [1.29, 1.82) is 0 Å². The number of pyridine rings is 1. The van der Waals surface area contributed by atoms with E-state index in [-0.39, 0.29) is 28.3 Å². The number of anilines is 2. The second kappa shape index (κ2) is 8.24. The molecular weight excluding hydrogens is 490 g/mol. The number of hydrogen-bond acceptors (Lipinski definition) is 6. The van der Waals surface area contributed by atoms with Crippen molar-refractivity contribution >= 4 is 28.6 Å². The Morgan fingerprint density at radius 1 is 1.10 bits per heavy atom. The number of nitrogens with one attached hydrogen (secondary N) is 1. The van der Waals surface area contributed by atoms with E-state index in [0.717, 1.165) is 43.6 Å². The molecule has 0 bridgehead atoms. The minimum atomic E-state index is -0.130. The molecule has 2 aliphatic carbocycles. The van der Waals surface area contributed by atoms with Crippen LogP contribution in [0.2, 0.25) is 0 Å². The van der Waals surface area contributed by atoms with Gasteiger partial charge in [0.1, 0.15) is 5.39 Å². The number of nitrogens with zero attached hydrogens (tertiary/aromatic N) is 6. The average Bonchev–Trinajstić information content (AvgIpc) is 3.83. The van der Waals surface area contributed by atoms with Gasteiger partial charge in [-0.15, -0.1) is 0 Å². The monoisotopic (exact) mass is 523 g/mol. The van der Waals surface area contributed by atoms with E-state index in [4.69, 9.17) is 9.97 Å². The molecule has 39 heavy (non-hydrogen) atoms. The van der Waals surface area contributed by atoms with Gasteiger partial charge in [0.15, 0.2) is 11.5 Å². The lowest BCUT2D eigenvalue weighted by atomic mass is 9.86. The molecule has 1 aromatic carbocycles. The number of carbonyl (C=O) groups is 1. The lowest BCUT2D eigenvalue weighted by Gasteiger charge is -2.34. The lowest BCUT2D eigenvalue weighted by molar-refractivity contribution is -0.130. The Kier molecular flexibility index (Phi) is 5.09. The van der Waals surface area contributed by atoms with Crippen molar-refractivity contribution in [1.82, 2.24) is 29.2 Å². The molecule has 1 amide bonds. The summed E-state index contributed by atoms with van der Waals surface area (Å²) in [6.45, 7) is 9.45. The Morgan fingerprint density at radius 2 is 1.90 bits per heavy atom. The highest BCUT2D eigenvalue weighted by Gasteiger charge is 2.49. The van der Waals surface area contributed by atoms with Crippen molar-refractivity contribution in [3.05, 3.63) is 69.8 Å². The maximum atomic E-state index is 13.5. The Bertz CT molecular complexity index is 1700. The molecule has 1 N–H and O–H groups in total. The lowest BCUT2D eigenvalue weighted by Crippen LogP contribution is -2.40. The Labute approximate surface area is 226 Å². The molecule has 200 valence electrons. The first-order valence-electron chi connectivity index (χ1n) is 13.8. The topological polar surface area (TPSA) is 97.9 Å². The molecule has 0 unspecified atom stereocenters. The van der Waals surface area contributed by atoms with E-state index in [2.05, 4.69) is 49.3 Å². The van der Waals surface area contributed by atoms with E-state index in [9.17, 15) is 9.59 Å². The third-order valence-corrected chi connectivity index (χ3v) is 8.32. The Morgan fingerprint density at radius 3 is 2.59 bits per heavy atom. The van der Waals surface area contributed by atoms with E-state index >= 15 is 0 Å². The van der Waals surface area contributed by atoms with Crippen LogP contribution in [0.4, 0.5) is 11.6 Å². The summed E-state index contributed by atoms with van der Waals surface area (Å²) in [5.41, 5.74) is 4.76. The van der Waals surface area contributed by atoms with E-state index in [1.807, 2.05) is 27.8 Å². The minimum absolute atomic E-state index is 0.0881. The van der Waals surface area contributed by atoms with Crippen molar-refractivity contribution in [2.45, 2.75) is 76.8 Å². The van der Waals surface area contributed by atoms with Crippen molar-refractivity contribution in [2.24, 2.45) is 0 Å². The van der Waals surface area contributed by atoms with Gasteiger partial charge in [0.25, 0.3) is 5.56 Å². The first-order chi connectivity index (χ1) is 18.6. The second-order valence-corrected chi connectivity index (χ2v) is 12.4. The standard InChI is InChI=1S/C30H33N7O2/c1-18(38)35-16-19-14-20(8-11-23(19)30(17-35)12-13-30)32-28-31-15-22-26(34-28)37(36(27(22)39)21-9-10-21)25-7-5-6-24(33-25)29(2,3)4/h5-8,11,14-15,21H,9-10,12-13,16-17H2,1-4H3,(H,31,32,34). The van der Waals surface area contributed by atoms with Gasteiger partial charge in [-0.1, -0.05) is 32.9 Å². The maximum Gasteiger partial charge on any atom is 0.278 e. The van der Waals surface area contributed by atoms with E-state index < -0.39 is 0 Å². The van der Waals surface area contributed by atoms with Gasteiger partial charge in [-0.2, -0.15) is 4.98 Å². The molecule has 4 aromatic rings. The minimum Gasteiger partial charge on any atom is -0.338 e. The highest BCUT2D eigenvalue weighted by atomic mass is 16.2. The van der Waals surface area contributed by atoms with Crippen LogP contribution in [0.3, 0.4) is 0 Å². The summed E-state index contributed by atoms with van der Waals surface area (Å²) in [6, 6.07) is 12.4. The number of amides is 1. The van der Waals surface area contributed by atoms with Gasteiger partial charge in [-0.05, 0) is 61.1 Å². The van der Waals surface area contributed by atoms with Crippen LogP contribution < -0.4 is 10.9 Å². The van der Waals surface area contributed by atoms with Gasteiger partial charge in [0, 0.05) is 48.4 Å². The molecule has 9 heteroatoms. The number of carbonyl (C=O) groups excluding carboxylic acids is 1. The number of fused-ring (bicyclic) bond motifs is 3. The molecule has 0 saturated heterocycles. The summed E-state index contributed by atoms with van der Waals surface area (Å²) in [5, 5.41) is 3.84. The predicted molar refractivity (Wildman–Crippen MR) is 150 cm³/mol. The normalized spacial score (nSPS) is 17.9. The van der Waals surface area contributed by atoms with Crippen LogP contribution in [0.5, 0.6) is 0 Å². The Hall–Kier alpha value is -4.01. The van der Waals surface area contributed by atoms with Crippen LogP contribution in [0.25, 0.3) is 16.9 Å². The number of rotatable bonds is 4. The largest absolute Gasteiger partial charge is 0.338 e. The summed E-state index contributed by atoms with van der Waals surface area (Å²) in [4.78, 5) is 41.9. The van der Waals surface area contributed by atoms with Crippen LogP contribution in [0.15, 0.2) is 47.4 Å². The van der Waals surface area contributed by atoms with Crippen LogP contribution >= 0.6 is 0 Å².